The van der Waals surface area contributed by atoms with Gasteiger partial charge in [-0.2, -0.15) is 0 Å². The molecule has 23 heavy (non-hydrogen) atoms. The van der Waals surface area contributed by atoms with Gasteiger partial charge < -0.3 is 25.5 Å². The Morgan fingerprint density at radius 2 is 2.22 bits per heavy atom. The Labute approximate surface area is 134 Å². The second-order valence-electron chi connectivity index (χ2n) is 5.50. The summed E-state index contributed by atoms with van der Waals surface area (Å²) in [7, 11) is 0. The van der Waals surface area contributed by atoms with E-state index in [4.69, 9.17) is 4.74 Å². The summed E-state index contributed by atoms with van der Waals surface area (Å²) in [6, 6.07) is 8.80. The van der Waals surface area contributed by atoms with Crippen LogP contribution in [-0.2, 0) is 11.3 Å². The van der Waals surface area contributed by atoms with Crippen LogP contribution in [0.1, 0.15) is 16.1 Å². The van der Waals surface area contributed by atoms with E-state index in [1.807, 2.05) is 18.2 Å². The molecule has 1 aromatic carbocycles. The van der Waals surface area contributed by atoms with Crippen molar-refractivity contribution in [3.63, 3.8) is 0 Å². The molecule has 1 fully saturated rings. The van der Waals surface area contributed by atoms with E-state index >= 15 is 0 Å². The third kappa shape index (κ3) is 3.95. The number of aromatic nitrogens is 2. The van der Waals surface area contributed by atoms with Gasteiger partial charge in [0.25, 0.3) is 5.91 Å². The van der Waals surface area contributed by atoms with Crippen LogP contribution in [0.4, 0.5) is 0 Å². The summed E-state index contributed by atoms with van der Waals surface area (Å²) in [5.74, 6) is -0.171. The maximum Gasteiger partial charge on any atom is 0.251 e. The Bertz CT molecular complexity index is 618. The van der Waals surface area contributed by atoms with E-state index in [9.17, 15) is 9.90 Å². The molecule has 1 saturated heterocycles. The van der Waals surface area contributed by atoms with Crippen LogP contribution in [0.15, 0.2) is 42.9 Å². The molecule has 1 aliphatic heterocycles. The first kappa shape index (κ1) is 15.7. The summed E-state index contributed by atoms with van der Waals surface area (Å²) in [5, 5.41) is 16.3. The molecule has 0 aliphatic carbocycles. The van der Waals surface area contributed by atoms with E-state index in [0.717, 1.165) is 5.69 Å². The first-order valence-corrected chi connectivity index (χ1v) is 7.57. The quantitative estimate of drug-likeness (QED) is 0.604. The van der Waals surface area contributed by atoms with Crippen molar-refractivity contribution < 1.29 is 14.6 Å². The minimum absolute atomic E-state index is 0.170. The lowest BCUT2D eigenvalue weighted by molar-refractivity contribution is 0.0398. The van der Waals surface area contributed by atoms with Gasteiger partial charge in [0, 0.05) is 30.5 Å². The summed E-state index contributed by atoms with van der Waals surface area (Å²) >= 11 is 0. The Morgan fingerprint density at radius 3 is 2.96 bits per heavy atom. The SMILES string of the molecule is O=C(NCC1OCC(NCc2cnc[nH]2)C1O)c1ccccc1. The second-order valence-corrected chi connectivity index (χ2v) is 5.50. The van der Waals surface area contributed by atoms with Crippen LogP contribution in [0, 0.1) is 0 Å². The van der Waals surface area contributed by atoms with Crippen molar-refractivity contribution in [1.29, 1.82) is 0 Å². The molecule has 0 saturated carbocycles. The molecular formula is C16H20N4O3. The number of aliphatic hydroxyl groups is 1. The molecule has 7 heteroatoms. The van der Waals surface area contributed by atoms with E-state index in [0.29, 0.717) is 18.7 Å². The third-order valence-electron chi connectivity index (χ3n) is 3.89. The van der Waals surface area contributed by atoms with Gasteiger partial charge in [-0.05, 0) is 12.1 Å². The molecule has 2 aromatic rings. The zero-order valence-electron chi connectivity index (χ0n) is 12.6. The highest BCUT2D eigenvalue weighted by Crippen LogP contribution is 2.14. The van der Waals surface area contributed by atoms with Gasteiger partial charge in [-0.1, -0.05) is 18.2 Å². The Kier molecular flexibility index (Phi) is 5.02. The number of nitrogens with zero attached hydrogens (tertiary/aromatic N) is 1. The molecule has 3 rings (SSSR count). The zero-order valence-corrected chi connectivity index (χ0v) is 12.6. The lowest BCUT2D eigenvalue weighted by Crippen LogP contribution is -2.44. The van der Waals surface area contributed by atoms with Crippen molar-refractivity contribution in [3.05, 3.63) is 54.1 Å². The number of rotatable bonds is 6. The number of hydrogen-bond donors (Lipinski definition) is 4. The maximum absolute atomic E-state index is 12.0. The fraction of sp³-hybridized carbons (Fsp3) is 0.375. The van der Waals surface area contributed by atoms with Crippen molar-refractivity contribution in [2.45, 2.75) is 24.8 Å². The number of aliphatic hydroxyl groups excluding tert-OH is 1. The number of H-pyrrole nitrogens is 1. The molecule has 3 unspecified atom stereocenters. The maximum atomic E-state index is 12.0. The molecule has 7 nitrogen and oxygen atoms in total. The monoisotopic (exact) mass is 316 g/mol. The number of hydrogen-bond acceptors (Lipinski definition) is 5. The van der Waals surface area contributed by atoms with Gasteiger partial charge in [0.05, 0.1) is 25.1 Å². The number of carbonyl (C=O) groups is 1. The fourth-order valence-corrected chi connectivity index (χ4v) is 2.55. The van der Waals surface area contributed by atoms with E-state index < -0.39 is 12.2 Å². The Morgan fingerprint density at radius 1 is 1.39 bits per heavy atom. The van der Waals surface area contributed by atoms with E-state index in [1.165, 1.54) is 0 Å². The van der Waals surface area contributed by atoms with Crippen molar-refractivity contribution in [2.24, 2.45) is 0 Å². The molecule has 2 heterocycles. The van der Waals surface area contributed by atoms with Gasteiger partial charge in [0.2, 0.25) is 0 Å². The largest absolute Gasteiger partial charge is 0.389 e. The summed E-state index contributed by atoms with van der Waals surface area (Å²) in [6.07, 6.45) is 2.25. The van der Waals surface area contributed by atoms with Gasteiger partial charge in [-0.15, -0.1) is 0 Å². The van der Waals surface area contributed by atoms with Crippen molar-refractivity contribution >= 4 is 5.91 Å². The Balaban J connectivity index is 1.45. The van der Waals surface area contributed by atoms with Crippen LogP contribution >= 0.6 is 0 Å². The molecule has 1 amide bonds. The number of nitrogens with one attached hydrogen (secondary N) is 3. The summed E-state index contributed by atoms with van der Waals surface area (Å²) < 4.78 is 5.58. The van der Waals surface area contributed by atoms with Gasteiger partial charge in [0.15, 0.2) is 0 Å². The van der Waals surface area contributed by atoms with Gasteiger partial charge in [-0.25, -0.2) is 4.98 Å². The molecule has 1 aliphatic rings. The smallest absolute Gasteiger partial charge is 0.251 e. The van der Waals surface area contributed by atoms with E-state index in [1.54, 1.807) is 24.7 Å². The lowest BCUT2D eigenvalue weighted by Gasteiger charge is -2.18. The third-order valence-corrected chi connectivity index (χ3v) is 3.89. The summed E-state index contributed by atoms with van der Waals surface area (Å²) in [5.41, 5.74) is 1.53. The lowest BCUT2D eigenvalue weighted by atomic mass is 10.1. The number of ether oxygens (including phenoxy) is 1. The van der Waals surface area contributed by atoms with Crippen LogP contribution in [0.2, 0.25) is 0 Å². The van der Waals surface area contributed by atoms with Crippen LogP contribution in [0.3, 0.4) is 0 Å². The highest BCUT2D eigenvalue weighted by Gasteiger charge is 2.35. The van der Waals surface area contributed by atoms with Crippen LogP contribution in [0.5, 0.6) is 0 Å². The zero-order chi connectivity index (χ0) is 16.1. The average molecular weight is 316 g/mol. The standard InChI is InChI=1S/C16H20N4O3/c21-15-13(18-7-12-6-17-10-20-12)9-23-14(15)8-19-16(22)11-4-2-1-3-5-11/h1-6,10,13-15,18,21H,7-9H2,(H,17,20)(H,19,22). The fourth-order valence-electron chi connectivity index (χ4n) is 2.55. The topological polar surface area (TPSA) is 99.3 Å². The molecule has 4 N–H and O–H groups in total. The summed E-state index contributed by atoms with van der Waals surface area (Å²) in [6.45, 7) is 1.26. The number of carbonyl (C=O) groups excluding carboxylic acids is 1. The average Bonchev–Trinajstić information content (AvgIpc) is 3.22. The number of benzene rings is 1. The van der Waals surface area contributed by atoms with Crippen molar-refractivity contribution in [2.75, 3.05) is 13.2 Å². The number of amides is 1. The first-order valence-electron chi connectivity index (χ1n) is 7.57. The highest BCUT2D eigenvalue weighted by atomic mass is 16.5. The number of aromatic amines is 1. The van der Waals surface area contributed by atoms with E-state index in [-0.39, 0.29) is 18.5 Å². The van der Waals surface area contributed by atoms with Crippen LogP contribution in [0.25, 0.3) is 0 Å². The van der Waals surface area contributed by atoms with Crippen LogP contribution in [-0.4, -0.2) is 52.4 Å². The first-order chi connectivity index (χ1) is 11.2. The minimum atomic E-state index is -0.672. The summed E-state index contributed by atoms with van der Waals surface area (Å²) in [4.78, 5) is 18.9. The van der Waals surface area contributed by atoms with Crippen LogP contribution < -0.4 is 10.6 Å². The Hall–Kier alpha value is -2.22. The molecule has 0 bridgehead atoms. The van der Waals surface area contributed by atoms with Gasteiger partial charge in [0.1, 0.15) is 6.10 Å². The second kappa shape index (κ2) is 7.36. The van der Waals surface area contributed by atoms with Crippen molar-refractivity contribution in [3.8, 4) is 0 Å². The molecule has 1 aromatic heterocycles. The highest BCUT2D eigenvalue weighted by molar-refractivity contribution is 5.94. The van der Waals surface area contributed by atoms with Gasteiger partial charge in [-0.3, -0.25) is 4.79 Å². The van der Waals surface area contributed by atoms with E-state index in [2.05, 4.69) is 20.6 Å². The predicted molar refractivity (Wildman–Crippen MR) is 83.7 cm³/mol. The number of imidazole rings is 1. The minimum Gasteiger partial charge on any atom is -0.389 e. The van der Waals surface area contributed by atoms with Crippen molar-refractivity contribution in [1.82, 2.24) is 20.6 Å². The normalized spacial score (nSPS) is 23.8. The predicted octanol–water partition coefficient (Wildman–Crippen LogP) is 0.0576. The molecule has 0 radical (unpaired) electrons. The molecule has 0 spiro atoms. The van der Waals surface area contributed by atoms with Gasteiger partial charge >= 0.3 is 0 Å². The molecule has 122 valence electrons. The molecular weight excluding hydrogens is 296 g/mol. The molecule has 3 atom stereocenters.